The Morgan fingerprint density at radius 2 is 2.12 bits per heavy atom. The summed E-state index contributed by atoms with van der Waals surface area (Å²) in [6, 6.07) is 3.83. The topological polar surface area (TPSA) is 80.5 Å². The number of anilines is 1. The van der Waals surface area contributed by atoms with Crippen LogP contribution < -0.4 is 5.73 Å². The normalized spacial score (nSPS) is 10.6. The Morgan fingerprint density at radius 3 is 2.82 bits per heavy atom. The van der Waals surface area contributed by atoms with E-state index in [1.807, 2.05) is 18.3 Å². The summed E-state index contributed by atoms with van der Waals surface area (Å²) in [5, 5.41) is 0. The molecule has 0 unspecified atom stereocenters. The molecule has 0 saturated heterocycles. The predicted octanol–water partition coefficient (Wildman–Crippen LogP) is 2.18. The summed E-state index contributed by atoms with van der Waals surface area (Å²) in [5.41, 5.74) is 6.56. The molecular formula is C12H17N5. The SMILES string of the molecule is CCCCCc1nc(N)nc(-c2ccc[nH]2)n1. The number of nitrogen functional groups attached to an aromatic ring is 1. The van der Waals surface area contributed by atoms with Gasteiger partial charge in [-0.05, 0) is 18.6 Å². The summed E-state index contributed by atoms with van der Waals surface area (Å²) in [6.45, 7) is 2.17. The monoisotopic (exact) mass is 231 g/mol. The molecular weight excluding hydrogens is 214 g/mol. The fraction of sp³-hybridized carbons (Fsp3) is 0.417. The van der Waals surface area contributed by atoms with Crippen LogP contribution in [0, 0.1) is 0 Å². The Kier molecular flexibility index (Phi) is 3.69. The third kappa shape index (κ3) is 3.03. The second-order valence-electron chi connectivity index (χ2n) is 3.97. The van der Waals surface area contributed by atoms with Gasteiger partial charge in [0.2, 0.25) is 5.95 Å². The van der Waals surface area contributed by atoms with Crippen molar-refractivity contribution in [3.05, 3.63) is 24.2 Å². The van der Waals surface area contributed by atoms with E-state index in [9.17, 15) is 0 Å². The minimum absolute atomic E-state index is 0.288. The van der Waals surface area contributed by atoms with Crippen molar-refractivity contribution in [3.8, 4) is 11.5 Å². The molecule has 0 amide bonds. The van der Waals surface area contributed by atoms with Gasteiger partial charge < -0.3 is 10.7 Å². The first-order valence-electron chi connectivity index (χ1n) is 5.93. The molecule has 0 aliphatic heterocycles. The maximum absolute atomic E-state index is 5.69. The zero-order chi connectivity index (χ0) is 12.1. The standard InChI is InChI=1S/C12H17N5/c1-2-3-4-7-10-15-11(17-12(13)16-10)9-6-5-8-14-9/h5-6,8,14H,2-4,7H2,1H3,(H2,13,15,16,17). The van der Waals surface area contributed by atoms with Crippen LogP contribution in [0.1, 0.15) is 32.0 Å². The van der Waals surface area contributed by atoms with Gasteiger partial charge in [-0.3, -0.25) is 0 Å². The maximum Gasteiger partial charge on any atom is 0.223 e. The minimum atomic E-state index is 0.288. The van der Waals surface area contributed by atoms with E-state index >= 15 is 0 Å². The predicted molar refractivity (Wildman–Crippen MR) is 67.3 cm³/mol. The number of H-pyrrole nitrogens is 1. The molecule has 5 nitrogen and oxygen atoms in total. The zero-order valence-electron chi connectivity index (χ0n) is 9.98. The van der Waals surface area contributed by atoms with E-state index in [-0.39, 0.29) is 5.95 Å². The lowest BCUT2D eigenvalue weighted by molar-refractivity contribution is 0.692. The number of hydrogen-bond acceptors (Lipinski definition) is 4. The number of nitrogens with zero attached hydrogens (tertiary/aromatic N) is 3. The van der Waals surface area contributed by atoms with Crippen LogP contribution >= 0.6 is 0 Å². The van der Waals surface area contributed by atoms with E-state index in [1.54, 1.807) is 0 Å². The number of rotatable bonds is 5. The van der Waals surface area contributed by atoms with Crippen molar-refractivity contribution >= 4 is 5.95 Å². The van der Waals surface area contributed by atoms with Gasteiger partial charge in [0.15, 0.2) is 5.82 Å². The van der Waals surface area contributed by atoms with Gasteiger partial charge in [-0.15, -0.1) is 0 Å². The van der Waals surface area contributed by atoms with Crippen molar-refractivity contribution in [2.75, 3.05) is 5.73 Å². The Morgan fingerprint density at radius 1 is 1.24 bits per heavy atom. The molecule has 0 bridgehead atoms. The molecule has 0 aromatic carbocycles. The second kappa shape index (κ2) is 5.43. The van der Waals surface area contributed by atoms with Gasteiger partial charge in [0.25, 0.3) is 0 Å². The molecule has 0 radical (unpaired) electrons. The quantitative estimate of drug-likeness (QED) is 0.773. The Bertz CT molecular complexity index is 464. The van der Waals surface area contributed by atoms with E-state index in [1.165, 1.54) is 12.8 Å². The zero-order valence-corrected chi connectivity index (χ0v) is 9.98. The van der Waals surface area contributed by atoms with Crippen molar-refractivity contribution in [1.82, 2.24) is 19.9 Å². The van der Waals surface area contributed by atoms with Gasteiger partial charge in [-0.25, -0.2) is 4.98 Å². The number of hydrogen-bond donors (Lipinski definition) is 2. The third-order valence-corrected chi connectivity index (χ3v) is 2.54. The van der Waals surface area contributed by atoms with Crippen molar-refractivity contribution < 1.29 is 0 Å². The number of unbranched alkanes of at least 4 members (excludes halogenated alkanes) is 2. The summed E-state index contributed by atoms with van der Waals surface area (Å²) in [4.78, 5) is 15.8. The first kappa shape index (κ1) is 11.6. The van der Waals surface area contributed by atoms with Crippen LogP contribution in [-0.4, -0.2) is 19.9 Å². The third-order valence-electron chi connectivity index (χ3n) is 2.54. The van der Waals surface area contributed by atoms with Crippen LogP contribution in [0.25, 0.3) is 11.5 Å². The lowest BCUT2D eigenvalue weighted by Gasteiger charge is -2.03. The van der Waals surface area contributed by atoms with Crippen molar-refractivity contribution in [2.24, 2.45) is 0 Å². The average molecular weight is 231 g/mol. The van der Waals surface area contributed by atoms with Crippen molar-refractivity contribution in [2.45, 2.75) is 32.6 Å². The number of aromatic nitrogens is 4. The molecule has 0 saturated carbocycles. The highest BCUT2D eigenvalue weighted by Crippen LogP contribution is 2.13. The van der Waals surface area contributed by atoms with Crippen LogP contribution in [0.5, 0.6) is 0 Å². The fourth-order valence-corrected chi connectivity index (χ4v) is 1.67. The molecule has 2 aromatic heterocycles. The lowest BCUT2D eigenvalue weighted by atomic mass is 10.2. The number of aryl methyl sites for hydroxylation is 1. The van der Waals surface area contributed by atoms with Gasteiger partial charge >= 0.3 is 0 Å². The smallest absolute Gasteiger partial charge is 0.223 e. The van der Waals surface area contributed by atoms with Gasteiger partial charge in [0.1, 0.15) is 5.82 Å². The molecule has 0 atom stereocenters. The van der Waals surface area contributed by atoms with Gasteiger partial charge in [-0.2, -0.15) is 9.97 Å². The van der Waals surface area contributed by atoms with E-state index < -0.39 is 0 Å². The maximum atomic E-state index is 5.69. The van der Waals surface area contributed by atoms with Gasteiger partial charge in [0, 0.05) is 12.6 Å². The molecule has 3 N–H and O–H groups in total. The van der Waals surface area contributed by atoms with Crippen LogP contribution in [-0.2, 0) is 6.42 Å². The Balaban J connectivity index is 2.18. The first-order valence-corrected chi connectivity index (χ1v) is 5.93. The van der Waals surface area contributed by atoms with Crippen LogP contribution in [0.2, 0.25) is 0 Å². The molecule has 17 heavy (non-hydrogen) atoms. The number of nitrogens with one attached hydrogen (secondary N) is 1. The Hall–Kier alpha value is -1.91. The molecule has 2 heterocycles. The largest absolute Gasteiger partial charge is 0.368 e. The molecule has 2 rings (SSSR count). The molecule has 0 spiro atoms. The Labute approximate surface area is 101 Å². The second-order valence-corrected chi connectivity index (χ2v) is 3.97. The fourth-order valence-electron chi connectivity index (χ4n) is 1.67. The molecule has 0 aliphatic carbocycles. The van der Waals surface area contributed by atoms with Crippen LogP contribution in [0.3, 0.4) is 0 Å². The van der Waals surface area contributed by atoms with E-state index in [0.717, 1.165) is 24.4 Å². The summed E-state index contributed by atoms with van der Waals surface area (Å²) in [6.07, 6.45) is 6.15. The molecule has 0 aliphatic rings. The first-order chi connectivity index (χ1) is 8.29. The molecule has 5 heteroatoms. The summed E-state index contributed by atoms with van der Waals surface area (Å²) < 4.78 is 0. The molecule has 90 valence electrons. The summed E-state index contributed by atoms with van der Waals surface area (Å²) in [5.74, 6) is 1.68. The number of nitrogens with two attached hydrogens (primary N) is 1. The average Bonchev–Trinajstić information content (AvgIpc) is 2.82. The highest BCUT2D eigenvalue weighted by atomic mass is 15.1. The lowest BCUT2D eigenvalue weighted by Crippen LogP contribution is -2.05. The van der Waals surface area contributed by atoms with E-state index in [4.69, 9.17) is 5.73 Å². The highest BCUT2D eigenvalue weighted by Gasteiger charge is 2.06. The highest BCUT2D eigenvalue weighted by molar-refractivity contribution is 5.50. The van der Waals surface area contributed by atoms with Gasteiger partial charge in [0.05, 0.1) is 5.69 Å². The van der Waals surface area contributed by atoms with E-state index in [0.29, 0.717) is 5.82 Å². The molecule has 0 fully saturated rings. The van der Waals surface area contributed by atoms with Crippen molar-refractivity contribution in [1.29, 1.82) is 0 Å². The number of aromatic amines is 1. The summed E-state index contributed by atoms with van der Waals surface area (Å²) in [7, 11) is 0. The minimum Gasteiger partial charge on any atom is -0.368 e. The van der Waals surface area contributed by atoms with Crippen LogP contribution in [0.15, 0.2) is 18.3 Å². The van der Waals surface area contributed by atoms with E-state index in [2.05, 4.69) is 26.9 Å². The molecule has 2 aromatic rings. The summed E-state index contributed by atoms with van der Waals surface area (Å²) >= 11 is 0. The van der Waals surface area contributed by atoms with Crippen LogP contribution in [0.4, 0.5) is 5.95 Å². The van der Waals surface area contributed by atoms with Crippen molar-refractivity contribution in [3.63, 3.8) is 0 Å². The van der Waals surface area contributed by atoms with Gasteiger partial charge in [-0.1, -0.05) is 19.8 Å².